The molecule has 106 valence electrons. The minimum absolute atomic E-state index is 0.273. The van der Waals surface area contributed by atoms with E-state index in [0.717, 1.165) is 6.08 Å². The highest BCUT2D eigenvalue weighted by atomic mass is 31.2. The summed E-state index contributed by atoms with van der Waals surface area (Å²) in [5.74, 6) is -0.324. The third kappa shape index (κ3) is 10.4. The van der Waals surface area contributed by atoms with Crippen molar-refractivity contribution in [1.82, 2.24) is 5.32 Å². The monoisotopic (exact) mass is 281 g/mol. The van der Waals surface area contributed by atoms with Crippen molar-refractivity contribution in [2.24, 2.45) is 0 Å². The van der Waals surface area contributed by atoms with E-state index >= 15 is 0 Å². The zero-order chi connectivity index (χ0) is 14.4. The predicted octanol–water partition coefficient (Wildman–Crippen LogP) is -0.137. The minimum atomic E-state index is -4.52. The summed E-state index contributed by atoms with van der Waals surface area (Å²) in [6.07, 6.45) is 0.828. The van der Waals surface area contributed by atoms with Crippen LogP contribution in [0.25, 0.3) is 0 Å². The van der Waals surface area contributed by atoms with Crippen LogP contribution in [0.4, 0.5) is 0 Å². The number of amides is 1. The Morgan fingerprint density at radius 2 is 2.06 bits per heavy atom. The van der Waals surface area contributed by atoms with E-state index < -0.39 is 13.9 Å². The normalized spacial score (nSPS) is 14.1. The molecule has 0 aliphatic rings. The Bertz CT molecular complexity index is 334. The number of hydrogen-bond donors (Lipinski definition) is 3. The van der Waals surface area contributed by atoms with Gasteiger partial charge in [0.15, 0.2) is 0 Å². The molecule has 0 aliphatic carbocycles. The molecule has 0 aliphatic heterocycles. The first-order valence-corrected chi connectivity index (χ1v) is 7.01. The Balaban J connectivity index is 4.34. The molecule has 0 fully saturated rings. The number of nitrogens with zero attached hydrogens (tertiary/aromatic N) is 1. The fraction of sp³-hybridized carbons (Fsp3) is 0.700. The van der Waals surface area contributed by atoms with Crippen molar-refractivity contribution in [3.8, 4) is 0 Å². The second kappa shape index (κ2) is 7.01. The molecule has 0 aromatic heterocycles. The van der Waals surface area contributed by atoms with Gasteiger partial charge in [-0.15, -0.1) is 0 Å². The Morgan fingerprint density at radius 3 is 2.44 bits per heavy atom. The third-order valence-corrected chi connectivity index (χ3v) is 2.56. The lowest BCUT2D eigenvalue weighted by Gasteiger charge is -2.29. The van der Waals surface area contributed by atoms with E-state index in [0.29, 0.717) is 17.4 Å². The van der Waals surface area contributed by atoms with Gasteiger partial charge in [0.2, 0.25) is 5.91 Å². The number of carbonyl (C=O) groups is 1. The fourth-order valence-electron chi connectivity index (χ4n) is 1.41. The highest BCUT2D eigenvalue weighted by Crippen LogP contribution is 2.38. The average molecular weight is 281 g/mol. The molecule has 8 heteroatoms. The fourth-order valence-corrected chi connectivity index (χ4v) is 1.97. The number of quaternary nitrogens is 1. The van der Waals surface area contributed by atoms with Gasteiger partial charge < -0.3 is 19.6 Å². The zero-order valence-corrected chi connectivity index (χ0v) is 11.9. The summed E-state index contributed by atoms with van der Waals surface area (Å²) in [5, 5.41) is 2.54. The Labute approximate surface area is 107 Å². The number of likely N-dealkylation sites (N-methyl/N-ethyl adjacent to an activating group) is 1. The number of rotatable bonds is 8. The third-order valence-electron chi connectivity index (χ3n) is 1.99. The number of hydrogen-bond acceptors (Lipinski definition) is 3. The molecular weight excluding hydrogens is 259 g/mol. The summed E-state index contributed by atoms with van der Waals surface area (Å²) in [5.41, 5.74) is 0. The van der Waals surface area contributed by atoms with Gasteiger partial charge in [-0.25, -0.2) is 4.57 Å². The van der Waals surface area contributed by atoms with Crippen LogP contribution in [0.5, 0.6) is 0 Å². The maximum atomic E-state index is 10.9. The maximum Gasteiger partial charge on any atom is 0.470 e. The second-order valence-electron chi connectivity index (χ2n) is 4.97. The molecule has 0 spiro atoms. The smallest absolute Gasteiger partial charge is 0.352 e. The minimum Gasteiger partial charge on any atom is -0.352 e. The quantitative estimate of drug-likeness (QED) is 0.327. The van der Waals surface area contributed by atoms with Gasteiger partial charge in [0.05, 0.1) is 21.1 Å². The molecular formula is C10H22N2O5P+. The van der Waals surface area contributed by atoms with Gasteiger partial charge in [0.1, 0.15) is 12.6 Å². The topological polar surface area (TPSA) is 95.9 Å². The summed E-state index contributed by atoms with van der Waals surface area (Å²) in [6, 6.07) is 0. The van der Waals surface area contributed by atoms with Gasteiger partial charge in [-0.3, -0.25) is 9.32 Å². The molecule has 1 unspecified atom stereocenters. The average Bonchev–Trinajstić information content (AvgIpc) is 2.12. The van der Waals surface area contributed by atoms with Crippen molar-refractivity contribution < 1.29 is 28.2 Å². The molecule has 0 rings (SSSR count). The molecule has 0 aromatic rings. The molecule has 18 heavy (non-hydrogen) atoms. The van der Waals surface area contributed by atoms with Gasteiger partial charge >= 0.3 is 7.82 Å². The van der Waals surface area contributed by atoms with E-state index in [2.05, 4.69) is 11.9 Å². The summed E-state index contributed by atoms with van der Waals surface area (Å²) in [4.78, 5) is 28.6. The summed E-state index contributed by atoms with van der Waals surface area (Å²) >= 11 is 0. The van der Waals surface area contributed by atoms with Gasteiger partial charge in [-0.2, -0.15) is 0 Å². The van der Waals surface area contributed by atoms with E-state index in [4.69, 9.17) is 14.3 Å². The van der Waals surface area contributed by atoms with Crippen molar-refractivity contribution in [2.45, 2.75) is 12.5 Å². The predicted molar refractivity (Wildman–Crippen MR) is 67.6 cm³/mol. The number of carbonyl (C=O) groups excluding carboxylic acids is 1. The van der Waals surface area contributed by atoms with Crippen LogP contribution in [-0.2, 0) is 13.9 Å². The van der Waals surface area contributed by atoms with Crippen LogP contribution in [0.1, 0.15) is 6.42 Å². The number of phosphoric acid groups is 1. The van der Waals surface area contributed by atoms with Crippen LogP contribution in [0.2, 0.25) is 0 Å². The Kier molecular flexibility index (Phi) is 6.73. The van der Waals surface area contributed by atoms with E-state index in [-0.39, 0.29) is 12.5 Å². The highest BCUT2D eigenvalue weighted by molar-refractivity contribution is 7.46. The van der Waals surface area contributed by atoms with Gasteiger partial charge in [-0.05, 0) is 12.5 Å². The largest absolute Gasteiger partial charge is 0.470 e. The molecule has 0 saturated carbocycles. The second-order valence-corrected chi connectivity index (χ2v) is 6.17. The van der Waals surface area contributed by atoms with Crippen molar-refractivity contribution >= 4 is 13.7 Å². The van der Waals surface area contributed by atoms with Crippen LogP contribution >= 0.6 is 7.82 Å². The Hall–Kier alpha value is -0.720. The van der Waals surface area contributed by atoms with Crippen LogP contribution in [0.3, 0.4) is 0 Å². The van der Waals surface area contributed by atoms with E-state index in [1.54, 1.807) is 0 Å². The zero-order valence-electron chi connectivity index (χ0n) is 11.0. The first-order valence-electron chi connectivity index (χ1n) is 5.48. The summed E-state index contributed by atoms with van der Waals surface area (Å²) in [6.45, 7) is 4.01. The van der Waals surface area contributed by atoms with Crippen molar-refractivity contribution in [2.75, 3.05) is 34.2 Å². The van der Waals surface area contributed by atoms with E-state index in [1.807, 2.05) is 21.1 Å². The van der Waals surface area contributed by atoms with E-state index in [9.17, 15) is 9.36 Å². The van der Waals surface area contributed by atoms with Crippen molar-refractivity contribution in [3.63, 3.8) is 0 Å². The maximum absolute atomic E-state index is 10.9. The lowest BCUT2D eigenvalue weighted by atomic mass is 10.2. The van der Waals surface area contributed by atoms with Crippen molar-refractivity contribution in [3.05, 3.63) is 12.7 Å². The molecule has 0 radical (unpaired) electrons. The van der Waals surface area contributed by atoms with Gasteiger partial charge in [0, 0.05) is 6.54 Å². The number of phosphoric ester groups is 1. The molecule has 0 aromatic carbocycles. The van der Waals surface area contributed by atoms with Crippen LogP contribution in [0, 0.1) is 0 Å². The van der Waals surface area contributed by atoms with E-state index in [1.165, 1.54) is 0 Å². The van der Waals surface area contributed by atoms with Crippen LogP contribution in [0.15, 0.2) is 12.7 Å². The summed E-state index contributed by atoms with van der Waals surface area (Å²) < 4.78 is 16.0. The van der Waals surface area contributed by atoms with Crippen molar-refractivity contribution in [1.29, 1.82) is 0 Å². The SMILES string of the molecule is C=CC(=O)NCCC(C[N+](C)(C)C)OP(=O)(O)O. The Morgan fingerprint density at radius 1 is 1.50 bits per heavy atom. The molecule has 0 saturated heterocycles. The van der Waals surface area contributed by atoms with Gasteiger partial charge in [0.25, 0.3) is 0 Å². The first-order chi connectivity index (χ1) is 8.03. The lowest BCUT2D eigenvalue weighted by molar-refractivity contribution is -0.873. The molecule has 3 N–H and O–H groups in total. The lowest BCUT2D eigenvalue weighted by Crippen LogP contribution is -2.43. The highest BCUT2D eigenvalue weighted by Gasteiger charge is 2.26. The molecule has 0 bridgehead atoms. The standard InChI is InChI=1S/C10H21N2O5P/c1-5-10(13)11-7-6-9(8-12(2,3)4)17-18(14,15)16/h5,9H,1,6-8H2,2-4H3,(H2-,11,13,14,15,16)/p+1. The first kappa shape index (κ1) is 17.3. The molecule has 0 heterocycles. The van der Waals surface area contributed by atoms with Crippen LogP contribution < -0.4 is 5.32 Å². The number of nitrogens with one attached hydrogen (secondary N) is 1. The summed E-state index contributed by atoms with van der Waals surface area (Å²) in [7, 11) is 1.14. The molecule has 7 nitrogen and oxygen atoms in total. The van der Waals surface area contributed by atoms with Crippen LogP contribution in [-0.4, -0.2) is 60.5 Å². The molecule has 1 atom stereocenters. The molecule has 1 amide bonds. The van der Waals surface area contributed by atoms with Gasteiger partial charge in [-0.1, -0.05) is 6.58 Å².